The number of nitro benzene ring substituents is 1. The van der Waals surface area contributed by atoms with Gasteiger partial charge < -0.3 is 15.7 Å². The molecule has 0 radical (unpaired) electrons. The monoisotopic (exact) mass is 223 g/mol. The Labute approximate surface area is 92.4 Å². The molecule has 0 amide bonds. The van der Waals surface area contributed by atoms with E-state index >= 15 is 0 Å². The highest BCUT2D eigenvalue weighted by atomic mass is 16.6. The predicted octanol–water partition coefficient (Wildman–Crippen LogP) is 0.967. The Bertz CT molecular complexity index is 420. The largest absolute Gasteiger partial charge is 0.395 e. The number of nitrogens with zero attached hydrogens (tertiary/aromatic N) is 1. The third kappa shape index (κ3) is 1.79. The summed E-state index contributed by atoms with van der Waals surface area (Å²) in [7, 11) is 0. The van der Waals surface area contributed by atoms with Crippen molar-refractivity contribution in [2.24, 2.45) is 0 Å². The molecular formula is C10H13N3O3. The number of benzene rings is 1. The summed E-state index contributed by atoms with van der Waals surface area (Å²) in [6.07, 6.45) is 0.769. The molecule has 0 aromatic heterocycles. The first-order valence-electron chi connectivity index (χ1n) is 5.13. The van der Waals surface area contributed by atoms with E-state index in [9.17, 15) is 10.1 Å². The van der Waals surface area contributed by atoms with Gasteiger partial charge in [-0.3, -0.25) is 10.1 Å². The standard InChI is InChI=1S/C10H13N3O3/c14-6-5-12-10-7-3-4-11-8(7)1-2-9(10)13(15)16/h1-2,11-12,14H,3-6H2. The van der Waals surface area contributed by atoms with Gasteiger partial charge in [0.25, 0.3) is 5.69 Å². The molecular weight excluding hydrogens is 210 g/mol. The third-order valence-corrected chi connectivity index (χ3v) is 2.59. The van der Waals surface area contributed by atoms with Crippen LogP contribution in [-0.2, 0) is 6.42 Å². The second kappa shape index (κ2) is 4.36. The molecule has 0 atom stereocenters. The van der Waals surface area contributed by atoms with Crippen LogP contribution in [0.1, 0.15) is 5.56 Å². The Morgan fingerprint density at radius 3 is 3.06 bits per heavy atom. The maximum absolute atomic E-state index is 10.9. The molecule has 86 valence electrons. The van der Waals surface area contributed by atoms with E-state index in [2.05, 4.69) is 10.6 Å². The topological polar surface area (TPSA) is 87.4 Å². The van der Waals surface area contributed by atoms with Crippen molar-refractivity contribution < 1.29 is 10.0 Å². The van der Waals surface area contributed by atoms with Crippen LogP contribution in [0.4, 0.5) is 17.1 Å². The molecule has 2 rings (SSSR count). The van der Waals surface area contributed by atoms with Gasteiger partial charge in [0.2, 0.25) is 0 Å². The third-order valence-electron chi connectivity index (χ3n) is 2.59. The molecule has 0 aliphatic carbocycles. The second-order valence-electron chi connectivity index (χ2n) is 3.57. The van der Waals surface area contributed by atoms with Gasteiger partial charge >= 0.3 is 0 Å². The van der Waals surface area contributed by atoms with Crippen molar-refractivity contribution in [1.29, 1.82) is 0 Å². The zero-order chi connectivity index (χ0) is 11.5. The first-order chi connectivity index (χ1) is 7.74. The van der Waals surface area contributed by atoms with Gasteiger partial charge in [0, 0.05) is 30.4 Å². The Hall–Kier alpha value is -1.82. The van der Waals surface area contributed by atoms with Crippen molar-refractivity contribution in [2.75, 3.05) is 30.3 Å². The van der Waals surface area contributed by atoms with E-state index in [1.54, 1.807) is 6.07 Å². The number of aliphatic hydroxyl groups excluding tert-OH is 1. The highest BCUT2D eigenvalue weighted by molar-refractivity contribution is 5.76. The van der Waals surface area contributed by atoms with Crippen molar-refractivity contribution >= 4 is 17.1 Å². The molecule has 0 spiro atoms. The number of hydrogen-bond acceptors (Lipinski definition) is 5. The van der Waals surface area contributed by atoms with Crippen LogP contribution in [0.3, 0.4) is 0 Å². The Morgan fingerprint density at radius 2 is 2.38 bits per heavy atom. The smallest absolute Gasteiger partial charge is 0.292 e. The summed E-state index contributed by atoms with van der Waals surface area (Å²) in [4.78, 5) is 10.5. The van der Waals surface area contributed by atoms with Gasteiger partial charge in [-0.15, -0.1) is 0 Å². The zero-order valence-electron chi connectivity index (χ0n) is 8.69. The van der Waals surface area contributed by atoms with Crippen LogP contribution in [0.2, 0.25) is 0 Å². The molecule has 1 heterocycles. The van der Waals surface area contributed by atoms with Crippen molar-refractivity contribution in [3.8, 4) is 0 Å². The van der Waals surface area contributed by atoms with Gasteiger partial charge in [0.15, 0.2) is 0 Å². The fourth-order valence-corrected chi connectivity index (χ4v) is 1.91. The highest BCUT2D eigenvalue weighted by Gasteiger charge is 2.22. The maximum atomic E-state index is 10.9. The van der Waals surface area contributed by atoms with E-state index in [4.69, 9.17) is 5.11 Å². The number of rotatable bonds is 4. The van der Waals surface area contributed by atoms with E-state index in [-0.39, 0.29) is 12.3 Å². The fourth-order valence-electron chi connectivity index (χ4n) is 1.91. The molecule has 0 bridgehead atoms. The quantitative estimate of drug-likeness (QED) is 0.523. The number of anilines is 2. The highest BCUT2D eigenvalue weighted by Crippen LogP contribution is 2.36. The lowest BCUT2D eigenvalue weighted by Gasteiger charge is -2.10. The van der Waals surface area contributed by atoms with E-state index in [0.29, 0.717) is 12.2 Å². The SMILES string of the molecule is O=[N+]([O-])c1ccc2c(c1NCCO)CCN2. The molecule has 1 aromatic carbocycles. The Balaban J connectivity index is 2.42. The van der Waals surface area contributed by atoms with E-state index in [0.717, 1.165) is 24.2 Å². The first-order valence-corrected chi connectivity index (χ1v) is 5.13. The lowest BCUT2D eigenvalue weighted by molar-refractivity contribution is -0.384. The molecule has 0 saturated heterocycles. The first kappa shape index (κ1) is 10.7. The van der Waals surface area contributed by atoms with Crippen LogP contribution in [0, 0.1) is 10.1 Å². The van der Waals surface area contributed by atoms with E-state index in [1.165, 1.54) is 6.07 Å². The lowest BCUT2D eigenvalue weighted by Crippen LogP contribution is -2.09. The number of nitro groups is 1. The van der Waals surface area contributed by atoms with Crippen molar-refractivity contribution in [2.45, 2.75) is 6.42 Å². The van der Waals surface area contributed by atoms with Crippen molar-refractivity contribution in [3.63, 3.8) is 0 Å². The molecule has 16 heavy (non-hydrogen) atoms. The summed E-state index contributed by atoms with van der Waals surface area (Å²) in [5, 5.41) is 25.7. The minimum atomic E-state index is -0.404. The fraction of sp³-hybridized carbons (Fsp3) is 0.400. The summed E-state index contributed by atoms with van der Waals surface area (Å²) < 4.78 is 0. The number of aliphatic hydroxyl groups is 1. The molecule has 0 fully saturated rings. The second-order valence-corrected chi connectivity index (χ2v) is 3.57. The normalized spacial score (nSPS) is 13.1. The summed E-state index contributed by atoms with van der Waals surface area (Å²) in [5.74, 6) is 0. The predicted molar refractivity (Wildman–Crippen MR) is 60.9 cm³/mol. The van der Waals surface area contributed by atoms with Crippen LogP contribution >= 0.6 is 0 Å². The van der Waals surface area contributed by atoms with Crippen molar-refractivity contribution in [1.82, 2.24) is 0 Å². The zero-order valence-corrected chi connectivity index (χ0v) is 8.69. The molecule has 6 heteroatoms. The van der Waals surface area contributed by atoms with Gasteiger partial charge in [0.1, 0.15) is 5.69 Å². The molecule has 6 nitrogen and oxygen atoms in total. The van der Waals surface area contributed by atoms with Gasteiger partial charge in [-0.2, -0.15) is 0 Å². The Kier molecular flexibility index (Phi) is 2.91. The van der Waals surface area contributed by atoms with Crippen LogP contribution in [0.25, 0.3) is 0 Å². The molecule has 1 aliphatic rings. The summed E-state index contributed by atoms with van der Waals surface area (Å²) in [6, 6.07) is 3.21. The average molecular weight is 223 g/mol. The number of hydrogen-bond donors (Lipinski definition) is 3. The minimum absolute atomic E-state index is 0.0474. The van der Waals surface area contributed by atoms with Crippen LogP contribution in [0.5, 0.6) is 0 Å². The van der Waals surface area contributed by atoms with Gasteiger partial charge in [-0.05, 0) is 12.5 Å². The van der Waals surface area contributed by atoms with E-state index < -0.39 is 4.92 Å². The summed E-state index contributed by atoms with van der Waals surface area (Å²) in [5.41, 5.74) is 2.46. The van der Waals surface area contributed by atoms with Crippen LogP contribution in [-0.4, -0.2) is 29.7 Å². The average Bonchev–Trinajstić information content (AvgIpc) is 2.73. The molecule has 0 saturated carbocycles. The number of nitrogens with one attached hydrogen (secondary N) is 2. The molecule has 3 N–H and O–H groups in total. The van der Waals surface area contributed by atoms with E-state index in [1.807, 2.05) is 0 Å². The minimum Gasteiger partial charge on any atom is -0.395 e. The number of fused-ring (bicyclic) bond motifs is 1. The molecule has 1 aliphatic heterocycles. The maximum Gasteiger partial charge on any atom is 0.292 e. The van der Waals surface area contributed by atoms with Gasteiger partial charge in [-0.25, -0.2) is 0 Å². The molecule has 1 aromatic rings. The van der Waals surface area contributed by atoms with Crippen LogP contribution < -0.4 is 10.6 Å². The summed E-state index contributed by atoms with van der Waals surface area (Å²) >= 11 is 0. The Morgan fingerprint density at radius 1 is 1.56 bits per heavy atom. The van der Waals surface area contributed by atoms with Gasteiger partial charge in [-0.1, -0.05) is 0 Å². The van der Waals surface area contributed by atoms with Crippen molar-refractivity contribution in [3.05, 3.63) is 27.8 Å². The molecule has 0 unspecified atom stereocenters. The van der Waals surface area contributed by atoms with Gasteiger partial charge in [0.05, 0.1) is 11.5 Å². The summed E-state index contributed by atoms with van der Waals surface area (Å²) in [6.45, 7) is 1.07. The van der Waals surface area contributed by atoms with Crippen LogP contribution in [0.15, 0.2) is 12.1 Å². The lowest BCUT2D eigenvalue weighted by atomic mass is 10.1.